The quantitative estimate of drug-likeness (QED) is 0.775. The molecule has 2 saturated heterocycles. The molecule has 0 unspecified atom stereocenters. The van der Waals surface area contributed by atoms with Crippen LogP contribution in [0.15, 0.2) is 6.20 Å². The SMILES string of the molecule is CCc1nc(N2CCC[C@@H](c3nnc(CN4CCOCC4)n3C)C2)ncc1C. The van der Waals surface area contributed by atoms with E-state index in [2.05, 4.69) is 50.4 Å². The lowest BCUT2D eigenvalue weighted by Crippen LogP contribution is -2.37. The molecular weight excluding hydrogens is 354 g/mol. The standard InChI is InChI=1S/C20H31N7O/c1-4-17-15(2)12-21-20(22-17)27-7-5-6-16(13-27)19-24-23-18(25(19)3)14-26-8-10-28-11-9-26/h12,16H,4-11,13-14H2,1-3H3/t16-/m1/s1. The zero-order chi connectivity index (χ0) is 19.5. The van der Waals surface area contributed by atoms with E-state index < -0.39 is 0 Å². The number of ether oxygens (including phenoxy) is 1. The number of hydrogen-bond donors (Lipinski definition) is 0. The molecular formula is C20H31N7O. The first kappa shape index (κ1) is 19.3. The van der Waals surface area contributed by atoms with Gasteiger partial charge >= 0.3 is 0 Å². The monoisotopic (exact) mass is 385 g/mol. The molecule has 4 heterocycles. The van der Waals surface area contributed by atoms with Crippen molar-refractivity contribution in [2.24, 2.45) is 7.05 Å². The summed E-state index contributed by atoms with van der Waals surface area (Å²) in [5.41, 5.74) is 2.31. The molecule has 4 rings (SSSR count). The van der Waals surface area contributed by atoms with Crippen LogP contribution in [0.2, 0.25) is 0 Å². The molecule has 2 aliphatic heterocycles. The van der Waals surface area contributed by atoms with Gasteiger partial charge in [0.05, 0.1) is 19.8 Å². The minimum atomic E-state index is 0.361. The molecule has 8 nitrogen and oxygen atoms in total. The maximum absolute atomic E-state index is 5.44. The Bertz CT molecular complexity index is 800. The van der Waals surface area contributed by atoms with Gasteiger partial charge in [0.15, 0.2) is 0 Å². The van der Waals surface area contributed by atoms with E-state index in [0.717, 1.165) is 88.5 Å². The highest BCUT2D eigenvalue weighted by atomic mass is 16.5. The Morgan fingerprint density at radius 2 is 2.00 bits per heavy atom. The Labute approximate surface area is 166 Å². The van der Waals surface area contributed by atoms with Gasteiger partial charge in [0.25, 0.3) is 0 Å². The summed E-state index contributed by atoms with van der Waals surface area (Å²) in [7, 11) is 2.10. The summed E-state index contributed by atoms with van der Waals surface area (Å²) < 4.78 is 7.64. The number of nitrogens with zero attached hydrogens (tertiary/aromatic N) is 7. The van der Waals surface area contributed by atoms with Crippen molar-refractivity contribution >= 4 is 5.95 Å². The van der Waals surface area contributed by atoms with Gasteiger partial charge in [-0.05, 0) is 31.7 Å². The molecule has 2 aromatic rings. The molecule has 152 valence electrons. The van der Waals surface area contributed by atoms with Gasteiger partial charge in [-0.25, -0.2) is 9.97 Å². The highest BCUT2D eigenvalue weighted by Gasteiger charge is 2.28. The molecule has 0 bridgehead atoms. The van der Waals surface area contributed by atoms with Gasteiger partial charge in [-0.1, -0.05) is 6.92 Å². The van der Waals surface area contributed by atoms with Crippen LogP contribution < -0.4 is 4.90 Å². The van der Waals surface area contributed by atoms with Crippen molar-refractivity contribution in [2.75, 3.05) is 44.3 Å². The van der Waals surface area contributed by atoms with Crippen LogP contribution in [0.25, 0.3) is 0 Å². The Kier molecular flexibility index (Phi) is 5.87. The van der Waals surface area contributed by atoms with Gasteiger partial charge in [0, 0.05) is 51.0 Å². The molecule has 1 atom stereocenters. The second kappa shape index (κ2) is 8.53. The lowest BCUT2D eigenvalue weighted by molar-refractivity contribution is 0.0326. The maximum atomic E-state index is 5.44. The van der Waals surface area contributed by atoms with E-state index >= 15 is 0 Å². The van der Waals surface area contributed by atoms with Crippen molar-refractivity contribution in [3.05, 3.63) is 29.1 Å². The number of aryl methyl sites for hydroxylation is 2. The topological polar surface area (TPSA) is 72.2 Å². The van der Waals surface area contributed by atoms with E-state index in [9.17, 15) is 0 Å². The minimum Gasteiger partial charge on any atom is -0.379 e. The lowest BCUT2D eigenvalue weighted by Gasteiger charge is -2.32. The highest BCUT2D eigenvalue weighted by molar-refractivity contribution is 5.34. The summed E-state index contributed by atoms with van der Waals surface area (Å²) >= 11 is 0. The Hall–Kier alpha value is -2.06. The van der Waals surface area contributed by atoms with Crippen LogP contribution in [0, 0.1) is 6.92 Å². The van der Waals surface area contributed by atoms with Crippen molar-refractivity contribution in [3.8, 4) is 0 Å². The normalized spacial score (nSPS) is 21.2. The molecule has 2 aromatic heterocycles. The second-order valence-corrected chi connectivity index (χ2v) is 7.86. The summed E-state index contributed by atoms with van der Waals surface area (Å²) in [6, 6.07) is 0. The molecule has 0 spiro atoms. The van der Waals surface area contributed by atoms with Gasteiger partial charge in [0.1, 0.15) is 11.6 Å². The van der Waals surface area contributed by atoms with Gasteiger partial charge in [-0.2, -0.15) is 0 Å². The van der Waals surface area contributed by atoms with Crippen LogP contribution in [0.3, 0.4) is 0 Å². The number of morpholine rings is 1. The van der Waals surface area contributed by atoms with Crippen molar-refractivity contribution in [3.63, 3.8) is 0 Å². The molecule has 2 aliphatic rings. The molecule has 28 heavy (non-hydrogen) atoms. The smallest absolute Gasteiger partial charge is 0.225 e. The van der Waals surface area contributed by atoms with Gasteiger partial charge in [-0.3, -0.25) is 4.90 Å². The zero-order valence-electron chi connectivity index (χ0n) is 17.3. The molecule has 8 heteroatoms. The van der Waals surface area contributed by atoms with Crippen molar-refractivity contribution in [2.45, 2.75) is 45.6 Å². The van der Waals surface area contributed by atoms with Crippen LogP contribution in [-0.2, 0) is 24.8 Å². The van der Waals surface area contributed by atoms with E-state index in [1.54, 1.807) is 0 Å². The third kappa shape index (κ3) is 4.03. The number of anilines is 1. The number of rotatable bonds is 5. The van der Waals surface area contributed by atoms with Crippen LogP contribution in [-0.4, -0.2) is 69.0 Å². The number of piperidine rings is 1. The first-order valence-corrected chi connectivity index (χ1v) is 10.4. The average molecular weight is 386 g/mol. The fraction of sp³-hybridized carbons (Fsp3) is 0.700. The Morgan fingerprint density at radius 1 is 1.18 bits per heavy atom. The summed E-state index contributed by atoms with van der Waals surface area (Å²) in [4.78, 5) is 14.1. The van der Waals surface area contributed by atoms with E-state index in [0.29, 0.717) is 5.92 Å². The largest absolute Gasteiger partial charge is 0.379 e. The Balaban J connectivity index is 1.47. The molecule has 0 amide bonds. The summed E-state index contributed by atoms with van der Waals surface area (Å²) in [5.74, 6) is 3.33. The Morgan fingerprint density at radius 3 is 2.79 bits per heavy atom. The summed E-state index contributed by atoms with van der Waals surface area (Å²) in [6.07, 6.45) is 5.14. The van der Waals surface area contributed by atoms with E-state index in [-0.39, 0.29) is 0 Å². The van der Waals surface area contributed by atoms with Gasteiger partial charge in [-0.15, -0.1) is 10.2 Å². The van der Waals surface area contributed by atoms with Crippen LogP contribution >= 0.6 is 0 Å². The van der Waals surface area contributed by atoms with Crippen molar-refractivity contribution < 1.29 is 4.74 Å². The highest BCUT2D eigenvalue weighted by Crippen LogP contribution is 2.28. The molecule has 0 aromatic carbocycles. The summed E-state index contributed by atoms with van der Waals surface area (Å²) in [5, 5.41) is 9.07. The zero-order valence-corrected chi connectivity index (χ0v) is 17.3. The van der Waals surface area contributed by atoms with E-state index in [1.165, 1.54) is 5.56 Å². The third-order valence-electron chi connectivity index (χ3n) is 5.94. The molecule has 0 radical (unpaired) electrons. The average Bonchev–Trinajstić information content (AvgIpc) is 3.09. The molecule has 0 N–H and O–H groups in total. The van der Waals surface area contributed by atoms with Gasteiger partial charge < -0.3 is 14.2 Å². The maximum Gasteiger partial charge on any atom is 0.225 e. The van der Waals surface area contributed by atoms with Crippen molar-refractivity contribution in [1.29, 1.82) is 0 Å². The second-order valence-electron chi connectivity index (χ2n) is 7.86. The van der Waals surface area contributed by atoms with E-state index in [1.807, 2.05) is 6.20 Å². The first-order valence-electron chi connectivity index (χ1n) is 10.4. The number of hydrogen-bond acceptors (Lipinski definition) is 7. The molecule has 2 fully saturated rings. The fourth-order valence-corrected chi connectivity index (χ4v) is 4.17. The van der Waals surface area contributed by atoms with Crippen LogP contribution in [0.5, 0.6) is 0 Å². The third-order valence-corrected chi connectivity index (χ3v) is 5.94. The lowest BCUT2D eigenvalue weighted by atomic mass is 9.97. The molecule has 0 aliphatic carbocycles. The van der Waals surface area contributed by atoms with Crippen molar-refractivity contribution in [1.82, 2.24) is 29.6 Å². The van der Waals surface area contributed by atoms with Gasteiger partial charge in [0.2, 0.25) is 5.95 Å². The number of aromatic nitrogens is 5. The first-order chi connectivity index (χ1) is 13.7. The van der Waals surface area contributed by atoms with Crippen LogP contribution in [0.4, 0.5) is 5.95 Å². The van der Waals surface area contributed by atoms with Crippen LogP contribution in [0.1, 0.15) is 48.6 Å². The minimum absolute atomic E-state index is 0.361. The fourth-order valence-electron chi connectivity index (χ4n) is 4.17. The molecule has 0 saturated carbocycles. The van der Waals surface area contributed by atoms with E-state index in [4.69, 9.17) is 9.72 Å². The predicted molar refractivity (Wildman–Crippen MR) is 107 cm³/mol. The summed E-state index contributed by atoms with van der Waals surface area (Å²) in [6.45, 7) is 10.5. The predicted octanol–water partition coefficient (Wildman–Crippen LogP) is 1.69.